The molecule has 2 aromatic carbocycles. The lowest BCUT2D eigenvalue weighted by molar-refractivity contribution is -0.143. The number of amides is 2. The summed E-state index contributed by atoms with van der Waals surface area (Å²) in [6.07, 6.45) is -3.27. The lowest BCUT2D eigenvalue weighted by Gasteiger charge is -2.42. The fraction of sp³-hybridized carbons (Fsp3) is 0.419. The topological polar surface area (TPSA) is 56.4 Å². The van der Waals surface area contributed by atoms with Crippen LogP contribution in [0.5, 0.6) is 0 Å². The second-order valence-corrected chi connectivity index (χ2v) is 11.1. The summed E-state index contributed by atoms with van der Waals surface area (Å²) in [4.78, 5) is 33.2. The van der Waals surface area contributed by atoms with Crippen LogP contribution in [0.15, 0.2) is 60.8 Å². The van der Waals surface area contributed by atoms with Crippen molar-refractivity contribution >= 4 is 22.7 Å². The molecular weight excluding hydrogens is 560 g/mol. The molecule has 1 aliphatic carbocycles. The van der Waals surface area contributed by atoms with Crippen molar-refractivity contribution in [3.05, 3.63) is 83.1 Å². The Bertz CT molecular complexity index is 1450. The van der Waals surface area contributed by atoms with E-state index in [-0.39, 0.29) is 43.9 Å². The number of rotatable bonds is 5. The van der Waals surface area contributed by atoms with Gasteiger partial charge in [0, 0.05) is 47.9 Å². The maximum atomic E-state index is 13.7. The van der Waals surface area contributed by atoms with Crippen molar-refractivity contribution < 1.29 is 35.9 Å². The molecule has 0 bridgehead atoms. The summed E-state index contributed by atoms with van der Waals surface area (Å²) in [5, 5.41) is 0.874. The second-order valence-electron chi connectivity index (χ2n) is 11.1. The Morgan fingerprint density at radius 1 is 0.905 bits per heavy atom. The van der Waals surface area contributed by atoms with Gasteiger partial charge in [-0.15, -0.1) is 0 Å². The fourth-order valence-electron chi connectivity index (χ4n) is 6.11. The first kappa shape index (κ1) is 29.7. The molecule has 224 valence electrons. The largest absolute Gasteiger partial charge is 0.416 e. The maximum absolute atomic E-state index is 13.7. The summed E-state index contributed by atoms with van der Waals surface area (Å²) >= 11 is 0. The van der Waals surface area contributed by atoms with E-state index in [1.165, 1.54) is 4.90 Å². The average Bonchev–Trinajstić information content (AvgIpc) is 3.38. The normalized spacial score (nSPS) is 18.9. The van der Waals surface area contributed by atoms with Crippen LogP contribution in [-0.4, -0.2) is 52.3 Å². The first-order valence-corrected chi connectivity index (χ1v) is 14.0. The van der Waals surface area contributed by atoms with Crippen molar-refractivity contribution in [3.63, 3.8) is 0 Å². The maximum Gasteiger partial charge on any atom is 0.416 e. The minimum Gasteiger partial charge on any atom is -0.361 e. The highest BCUT2D eigenvalue weighted by Gasteiger charge is 2.40. The van der Waals surface area contributed by atoms with Gasteiger partial charge in [-0.3, -0.25) is 9.59 Å². The zero-order valence-electron chi connectivity index (χ0n) is 22.8. The minimum atomic E-state index is -5.08. The molecule has 2 fully saturated rings. The summed E-state index contributed by atoms with van der Waals surface area (Å²) in [5.41, 5.74) is -1.64. The van der Waals surface area contributed by atoms with Crippen LogP contribution in [0.2, 0.25) is 0 Å². The van der Waals surface area contributed by atoms with Crippen molar-refractivity contribution in [2.45, 2.75) is 56.9 Å². The van der Waals surface area contributed by atoms with Crippen LogP contribution in [0.3, 0.4) is 0 Å². The number of halogens is 6. The zero-order valence-corrected chi connectivity index (χ0v) is 22.8. The molecule has 1 atom stereocenters. The van der Waals surface area contributed by atoms with E-state index in [0.29, 0.717) is 17.7 Å². The molecule has 5 rings (SSSR count). The first-order valence-electron chi connectivity index (χ1n) is 14.0. The number of benzene rings is 2. The Labute approximate surface area is 239 Å². The Hall–Kier alpha value is -3.76. The molecule has 1 saturated carbocycles. The number of hydrogen-bond donors (Lipinski definition) is 1. The highest BCUT2D eigenvalue weighted by molar-refractivity contribution is 5.96. The van der Waals surface area contributed by atoms with Gasteiger partial charge in [-0.25, -0.2) is 0 Å². The molecule has 3 aromatic rings. The van der Waals surface area contributed by atoms with Crippen molar-refractivity contribution in [2.75, 3.05) is 19.6 Å². The van der Waals surface area contributed by atoms with Gasteiger partial charge in [0.05, 0.1) is 17.2 Å². The molecular formula is C31H31F6N3O2. The number of hydrogen-bond acceptors (Lipinski definition) is 2. The summed E-state index contributed by atoms with van der Waals surface area (Å²) in [6.45, 7) is 4.18. The third-order valence-electron chi connectivity index (χ3n) is 8.37. The van der Waals surface area contributed by atoms with E-state index in [4.69, 9.17) is 0 Å². The van der Waals surface area contributed by atoms with Gasteiger partial charge < -0.3 is 14.8 Å². The van der Waals surface area contributed by atoms with Crippen molar-refractivity contribution in [1.29, 1.82) is 0 Å². The highest BCUT2D eigenvalue weighted by Crippen LogP contribution is 2.37. The van der Waals surface area contributed by atoms with Gasteiger partial charge in [0.2, 0.25) is 5.91 Å². The Balaban J connectivity index is 1.47. The third kappa shape index (κ3) is 6.19. The number of fused-ring (bicyclic) bond motifs is 1. The molecule has 1 aliphatic heterocycles. The molecule has 0 radical (unpaired) electrons. The minimum absolute atomic E-state index is 0.00762. The number of aromatic nitrogens is 1. The number of aromatic amines is 1. The Morgan fingerprint density at radius 2 is 1.55 bits per heavy atom. The van der Waals surface area contributed by atoms with E-state index in [2.05, 4.69) is 11.6 Å². The van der Waals surface area contributed by atoms with Gasteiger partial charge in [-0.1, -0.05) is 44.0 Å². The average molecular weight is 592 g/mol. The lowest BCUT2D eigenvalue weighted by Crippen LogP contribution is -2.57. The third-order valence-corrected chi connectivity index (χ3v) is 8.37. The molecule has 2 amide bonds. The van der Waals surface area contributed by atoms with Crippen LogP contribution in [0.25, 0.3) is 10.9 Å². The van der Waals surface area contributed by atoms with Crippen molar-refractivity contribution in [2.24, 2.45) is 5.92 Å². The van der Waals surface area contributed by atoms with Crippen LogP contribution in [0.1, 0.15) is 59.2 Å². The summed E-state index contributed by atoms with van der Waals surface area (Å²) in [6, 6.07) is 7.67. The molecule has 2 aliphatic rings. The van der Waals surface area contributed by atoms with E-state index in [0.717, 1.165) is 48.6 Å². The smallest absolute Gasteiger partial charge is 0.361 e. The number of H-pyrrole nitrogens is 1. The van der Waals surface area contributed by atoms with Crippen LogP contribution in [0.4, 0.5) is 26.3 Å². The molecule has 1 unspecified atom stereocenters. The molecule has 11 heteroatoms. The summed E-state index contributed by atoms with van der Waals surface area (Å²) < 4.78 is 81.2. The number of piperazine rings is 1. The Morgan fingerprint density at radius 3 is 2.19 bits per heavy atom. The van der Waals surface area contributed by atoms with E-state index in [1.807, 2.05) is 24.3 Å². The van der Waals surface area contributed by atoms with E-state index >= 15 is 0 Å². The highest BCUT2D eigenvalue weighted by atomic mass is 19.4. The van der Waals surface area contributed by atoms with Gasteiger partial charge in [0.25, 0.3) is 5.91 Å². The van der Waals surface area contributed by atoms with Crippen molar-refractivity contribution in [1.82, 2.24) is 14.8 Å². The number of alkyl halides is 6. The fourth-order valence-corrected chi connectivity index (χ4v) is 6.11. The molecule has 1 saturated heterocycles. The molecule has 1 N–H and O–H groups in total. The van der Waals surface area contributed by atoms with Gasteiger partial charge in [-0.2, -0.15) is 26.3 Å². The zero-order chi connectivity index (χ0) is 30.2. The van der Waals surface area contributed by atoms with Crippen molar-refractivity contribution in [3.8, 4) is 0 Å². The van der Waals surface area contributed by atoms with Crippen LogP contribution in [-0.2, 0) is 23.6 Å². The van der Waals surface area contributed by atoms with Gasteiger partial charge in [0.1, 0.15) is 0 Å². The van der Waals surface area contributed by atoms with Crippen LogP contribution >= 0.6 is 0 Å². The molecule has 1 aromatic heterocycles. The Kier molecular flexibility index (Phi) is 8.13. The van der Waals surface area contributed by atoms with Crippen LogP contribution in [0, 0.1) is 5.92 Å². The molecule has 0 spiro atoms. The number of carbonyl (C=O) groups is 2. The number of nitrogens with zero attached hydrogens (tertiary/aromatic N) is 2. The SMILES string of the molecule is C=C(C(=O)N1CCN(C(=O)c2cc(C(F)(F)F)cc(C(F)(F)F)c2)C(Cc2c[nH]c3ccccc23)C1)C1CCCCC1. The first-order chi connectivity index (χ1) is 19.8. The predicted molar refractivity (Wildman–Crippen MR) is 146 cm³/mol. The summed E-state index contributed by atoms with van der Waals surface area (Å²) in [5.74, 6) is -1.10. The number of nitrogens with one attached hydrogen (secondary N) is 1. The van der Waals surface area contributed by atoms with Gasteiger partial charge >= 0.3 is 12.4 Å². The van der Waals surface area contributed by atoms with Crippen LogP contribution < -0.4 is 0 Å². The van der Waals surface area contributed by atoms with E-state index < -0.39 is 41.0 Å². The lowest BCUT2D eigenvalue weighted by atomic mass is 9.83. The predicted octanol–water partition coefficient (Wildman–Crippen LogP) is 7.24. The second kappa shape index (κ2) is 11.5. The molecule has 5 nitrogen and oxygen atoms in total. The van der Waals surface area contributed by atoms with E-state index in [9.17, 15) is 35.9 Å². The standard InChI is InChI=1S/C31H31F6N3O2/c1-19(20-7-3-2-4-8-20)28(41)39-11-12-40(25(18-39)15-22-17-38-27-10-6-5-9-26(22)27)29(42)21-13-23(30(32,33)34)16-24(14-21)31(35,36)37/h5-6,9-10,13-14,16-17,20,25,38H,1-4,7-8,11-12,15,18H2. The van der Waals surface area contributed by atoms with Gasteiger partial charge in [0.15, 0.2) is 0 Å². The summed E-state index contributed by atoms with van der Waals surface area (Å²) in [7, 11) is 0. The molecule has 42 heavy (non-hydrogen) atoms. The quantitative estimate of drug-likeness (QED) is 0.251. The number of carbonyl (C=O) groups excluding carboxylic acids is 2. The monoisotopic (exact) mass is 591 g/mol. The van der Waals surface area contributed by atoms with Gasteiger partial charge in [-0.05, 0) is 55.0 Å². The van der Waals surface area contributed by atoms with E-state index in [1.54, 1.807) is 11.1 Å². The number of para-hydroxylation sites is 1. The molecule has 2 heterocycles.